The Balaban J connectivity index is 1.34. The Morgan fingerprint density at radius 2 is 2.00 bits per heavy atom. The third-order valence-corrected chi connectivity index (χ3v) is 7.18. The van der Waals surface area contributed by atoms with Crippen LogP contribution in [0.5, 0.6) is 0 Å². The first-order chi connectivity index (χ1) is 15.5. The van der Waals surface area contributed by atoms with Gasteiger partial charge >= 0.3 is 0 Å². The standard InChI is InChI=1S/C25H25ClFN5/c1-31-13-17-4-2-3-16-9-20(10-18(14-31)23(16)17)29-25-28-12-21(26)24(30-25)32-8-7-15-5-6-19(27)11-22(15)32/h5-6,9-12,17H,2-4,7-8,13-14H2,1H3,(H,28,29,30). The van der Waals surface area contributed by atoms with Gasteiger partial charge in [0.15, 0.2) is 5.82 Å². The fraction of sp³-hybridized carbons (Fsp3) is 0.360. The lowest BCUT2D eigenvalue weighted by molar-refractivity contribution is 0.266. The van der Waals surface area contributed by atoms with Gasteiger partial charge in [-0.25, -0.2) is 9.37 Å². The van der Waals surface area contributed by atoms with Gasteiger partial charge in [0.2, 0.25) is 5.95 Å². The second-order valence-electron chi connectivity index (χ2n) is 9.16. The molecular weight excluding hydrogens is 425 g/mol. The Hall–Kier alpha value is -2.70. The Morgan fingerprint density at radius 3 is 2.91 bits per heavy atom. The number of hydrogen-bond acceptors (Lipinski definition) is 5. The van der Waals surface area contributed by atoms with E-state index in [1.807, 2.05) is 11.0 Å². The van der Waals surface area contributed by atoms with Crippen LogP contribution in [0.1, 0.15) is 41.0 Å². The molecule has 0 fully saturated rings. The zero-order chi connectivity index (χ0) is 21.8. The number of hydrogen-bond donors (Lipinski definition) is 1. The molecule has 6 rings (SSSR count). The van der Waals surface area contributed by atoms with E-state index in [2.05, 4.69) is 34.4 Å². The zero-order valence-electron chi connectivity index (χ0n) is 18.0. The van der Waals surface area contributed by atoms with Gasteiger partial charge in [-0.3, -0.25) is 0 Å². The minimum Gasteiger partial charge on any atom is -0.324 e. The molecule has 2 aliphatic heterocycles. The molecule has 0 bridgehead atoms. The summed E-state index contributed by atoms with van der Waals surface area (Å²) < 4.78 is 13.9. The third kappa shape index (κ3) is 3.42. The van der Waals surface area contributed by atoms with Crippen molar-refractivity contribution < 1.29 is 4.39 Å². The Bertz CT molecular complexity index is 1210. The van der Waals surface area contributed by atoms with Crippen molar-refractivity contribution in [2.45, 2.75) is 38.1 Å². The number of benzene rings is 2. The molecule has 164 valence electrons. The summed E-state index contributed by atoms with van der Waals surface area (Å²) >= 11 is 6.47. The lowest BCUT2D eigenvalue weighted by Crippen LogP contribution is -2.33. The van der Waals surface area contributed by atoms with Gasteiger partial charge < -0.3 is 15.1 Å². The van der Waals surface area contributed by atoms with Crippen LogP contribution in [-0.2, 0) is 19.4 Å². The van der Waals surface area contributed by atoms with Crippen molar-refractivity contribution >= 4 is 34.7 Å². The lowest BCUT2D eigenvalue weighted by atomic mass is 9.77. The van der Waals surface area contributed by atoms with Crippen LogP contribution in [0.2, 0.25) is 5.02 Å². The topological polar surface area (TPSA) is 44.3 Å². The van der Waals surface area contributed by atoms with Gasteiger partial charge in [-0.2, -0.15) is 4.98 Å². The van der Waals surface area contributed by atoms with Gasteiger partial charge in [0, 0.05) is 31.0 Å². The molecule has 3 aliphatic rings. The Kier molecular flexibility index (Phi) is 4.81. The smallest absolute Gasteiger partial charge is 0.229 e. The first-order valence-electron chi connectivity index (χ1n) is 11.2. The summed E-state index contributed by atoms with van der Waals surface area (Å²) in [6.07, 6.45) is 6.10. The molecule has 2 aromatic carbocycles. The molecule has 1 atom stereocenters. The van der Waals surface area contributed by atoms with Crippen molar-refractivity contribution in [3.8, 4) is 0 Å². The van der Waals surface area contributed by atoms with Gasteiger partial charge in [-0.1, -0.05) is 17.7 Å². The van der Waals surface area contributed by atoms with E-state index in [1.165, 1.54) is 30.0 Å². The summed E-state index contributed by atoms with van der Waals surface area (Å²) in [6, 6.07) is 9.39. The van der Waals surface area contributed by atoms with E-state index < -0.39 is 0 Å². The molecule has 0 radical (unpaired) electrons. The van der Waals surface area contributed by atoms with Crippen LogP contribution < -0.4 is 10.2 Å². The van der Waals surface area contributed by atoms with Crippen molar-refractivity contribution in [2.75, 3.05) is 30.4 Å². The molecule has 1 N–H and O–H groups in total. The van der Waals surface area contributed by atoms with E-state index in [0.717, 1.165) is 42.9 Å². The highest BCUT2D eigenvalue weighted by atomic mass is 35.5. The van der Waals surface area contributed by atoms with E-state index in [-0.39, 0.29) is 5.82 Å². The van der Waals surface area contributed by atoms with E-state index in [9.17, 15) is 4.39 Å². The quantitative estimate of drug-likeness (QED) is 0.566. The molecule has 3 aromatic rings. The number of fused-ring (bicyclic) bond motifs is 1. The van der Waals surface area contributed by atoms with Gasteiger partial charge in [0.05, 0.1) is 6.20 Å². The fourth-order valence-electron chi connectivity index (χ4n) is 5.62. The van der Waals surface area contributed by atoms with Crippen molar-refractivity contribution in [2.24, 2.45) is 0 Å². The van der Waals surface area contributed by atoms with Crippen LogP contribution in [0.3, 0.4) is 0 Å². The van der Waals surface area contributed by atoms with Crippen molar-refractivity contribution in [1.82, 2.24) is 14.9 Å². The number of nitrogens with zero attached hydrogens (tertiary/aromatic N) is 4. The highest BCUT2D eigenvalue weighted by Crippen LogP contribution is 2.41. The summed E-state index contributed by atoms with van der Waals surface area (Å²) in [5, 5.41) is 3.86. The molecule has 0 saturated carbocycles. The zero-order valence-corrected chi connectivity index (χ0v) is 18.8. The number of aryl methyl sites for hydroxylation is 1. The van der Waals surface area contributed by atoms with E-state index in [0.29, 0.717) is 29.3 Å². The van der Waals surface area contributed by atoms with E-state index in [1.54, 1.807) is 17.8 Å². The summed E-state index contributed by atoms with van der Waals surface area (Å²) in [7, 11) is 2.20. The molecule has 1 aromatic heterocycles. The van der Waals surface area contributed by atoms with Crippen molar-refractivity contribution in [3.63, 3.8) is 0 Å². The Morgan fingerprint density at radius 1 is 1.12 bits per heavy atom. The van der Waals surface area contributed by atoms with Gasteiger partial charge in [-0.05, 0) is 85.2 Å². The van der Waals surface area contributed by atoms with E-state index >= 15 is 0 Å². The van der Waals surface area contributed by atoms with Crippen LogP contribution in [0.4, 0.5) is 27.5 Å². The number of anilines is 4. The Labute approximate surface area is 192 Å². The second kappa shape index (κ2) is 7.71. The van der Waals surface area contributed by atoms with Crippen molar-refractivity contribution in [1.29, 1.82) is 0 Å². The normalized spacial score (nSPS) is 19.6. The number of aromatic nitrogens is 2. The summed E-state index contributed by atoms with van der Waals surface area (Å²) in [6.45, 7) is 2.83. The molecule has 32 heavy (non-hydrogen) atoms. The van der Waals surface area contributed by atoms with Crippen LogP contribution in [0, 0.1) is 5.82 Å². The summed E-state index contributed by atoms with van der Waals surface area (Å²) in [5.41, 5.74) is 7.35. The van der Waals surface area contributed by atoms with Gasteiger partial charge in [0.1, 0.15) is 10.8 Å². The predicted octanol–water partition coefficient (Wildman–Crippen LogP) is 5.57. The largest absolute Gasteiger partial charge is 0.324 e. The van der Waals surface area contributed by atoms with Crippen LogP contribution >= 0.6 is 11.6 Å². The van der Waals surface area contributed by atoms with Crippen molar-refractivity contribution in [3.05, 3.63) is 69.6 Å². The number of likely N-dealkylation sites (N-methyl/N-ethyl adjacent to an activating group) is 1. The average Bonchev–Trinajstić information content (AvgIpc) is 3.17. The maximum atomic E-state index is 13.9. The van der Waals surface area contributed by atoms with Crippen LogP contribution in [-0.4, -0.2) is 35.0 Å². The molecule has 5 nitrogen and oxygen atoms in total. The lowest BCUT2D eigenvalue weighted by Gasteiger charge is -2.37. The highest BCUT2D eigenvalue weighted by Gasteiger charge is 2.29. The van der Waals surface area contributed by atoms with E-state index in [4.69, 9.17) is 16.6 Å². The van der Waals surface area contributed by atoms with Crippen LogP contribution in [0.15, 0.2) is 36.5 Å². The number of halogens is 2. The first-order valence-corrected chi connectivity index (χ1v) is 11.6. The molecule has 0 spiro atoms. The van der Waals surface area contributed by atoms with Gasteiger partial charge in [-0.15, -0.1) is 0 Å². The molecule has 1 unspecified atom stereocenters. The number of nitrogens with one attached hydrogen (secondary N) is 1. The monoisotopic (exact) mass is 449 g/mol. The molecule has 0 amide bonds. The van der Waals surface area contributed by atoms with Gasteiger partial charge in [0.25, 0.3) is 0 Å². The number of rotatable bonds is 3. The molecule has 1 aliphatic carbocycles. The molecular formula is C25H25ClFN5. The van der Waals surface area contributed by atoms with Crippen LogP contribution in [0.25, 0.3) is 0 Å². The first kappa shape index (κ1) is 19.9. The molecule has 7 heteroatoms. The minimum atomic E-state index is -0.259. The second-order valence-corrected chi connectivity index (χ2v) is 9.57. The minimum absolute atomic E-state index is 0.259. The maximum Gasteiger partial charge on any atom is 0.229 e. The SMILES string of the molecule is CN1Cc2cc(Nc3ncc(Cl)c(N4CCc5ccc(F)cc54)n3)cc3c2C(CCC3)C1. The average molecular weight is 450 g/mol. The summed E-state index contributed by atoms with van der Waals surface area (Å²) in [5.74, 6) is 1.49. The fourth-order valence-corrected chi connectivity index (χ4v) is 5.81. The predicted molar refractivity (Wildman–Crippen MR) is 126 cm³/mol. The molecule has 0 saturated heterocycles. The maximum absolute atomic E-state index is 13.9. The highest BCUT2D eigenvalue weighted by molar-refractivity contribution is 6.33. The summed E-state index contributed by atoms with van der Waals surface area (Å²) in [4.78, 5) is 13.5. The molecule has 3 heterocycles. The third-order valence-electron chi connectivity index (χ3n) is 6.91.